The van der Waals surface area contributed by atoms with E-state index in [0.29, 0.717) is 12.8 Å². The summed E-state index contributed by atoms with van der Waals surface area (Å²) < 4.78 is 28.2. The predicted molar refractivity (Wildman–Crippen MR) is 332 cm³/mol. The van der Waals surface area contributed by atoms with Crippen LogP contribution in [0.15, 0.2) is 131 Å². The Hall–Kier alpha value is -5.55. The molecular formula is C70H108O11. The van der Waals surface area contributed by atoms with Gasteiger partial charge in [0.1, 0.15) is 0 Å². The molecule has 0 aromatic heterocycles. The molecular weight excluding hydrogens is 1020 g/mol. The van der Waals surface area contributed by atoms with Gasteiger partial charge in [0.15, 0.2) is 12.2 Å². The number of hydrogen-bond acceptors (Lipinski definition) is 10. The number of carbonyl (C=O) groups excluding carboxylic acids is 4. The zero-order chi connectivity index (χ0) is 59.9. The third kappa shape index (κ3) is 42.0. The second-order valence-corrected chi connectivity index (χ2v) is 22.3. The van der Waals surface area contributed by atoms with E-state index in [4.69, 9.17) is 28.8 Å². The van der Waals surface area contributed by atoms with Crippen molar-refractivity contribution in [2.45, 2.75) is 267 Å². The van der Waals surface area contributed by atoms with Crippen LogP contribution in [0.3, 0.4) is 0 Å². The van der Waals surface area contributed by atoms with E-state index in [2.05, 4.69) is 77.2 Å². The first-order valence-electron chi connectivity index (χ1n) is 30.9. The summed E-state index contributed by atoms with van der Waals surface area (Å²) in [4.78, 5) is 61.2. The number of carboxylic acids is 1. The number of carbonyl (C=O) groups is 5. The van der Waals surface area contributed by atoms with Crippen molar-refractivity contribution in [3.05, 3.63) is 131 Å². The van der Waals surface area contributed by atoms with Crippen molar-refractivity contribution in [1.82, 2.24) is 0 Å². The van der Waals surface area contributed by atoms with Gasteiger partial charge in [-0.1, -0.05) is 274 Å². The minimum Gasteiger partial charge on any atom is -0.481 e. The highest BCUT2D eigenvalue weighted by Crippen LogP contribution is 2.27. The van der Waals surface area contributed by atoms with E-state index in [1.54, 1.807) is 19.1 Å². The maximum atomic E-state index is 13.3. The van der Waals surface area contributed by atoms with Gasteiger partial charge in [0.25, 0.3) is 0 Å². The summed E-state index contributed by atoms with van der Waals surface area (Å²) in [5.74, 6) is -2.49. The number of ether oxygens (including phenoxy) is 5. The van der Waals surface area contributed by atoms with Gasteiger partial charge in [0.05, 0.1) is 6.61 Å². The minimum atomic E-state index is -1.41. The first-order valence-corrected chi connectivity index (χ1v) is 30.9. The lowest BCUT2D eigenvalue weighted by Crippen LogP contribution is -2.58. The third-order valence-corrected chi connectivity index (χ3v) is 14.3. The van der Waals surface area contributed by atoms with E-state index in [1.807, 2.05) is 56.4 Å². The van der Waals surface area contributed by atoms with Gasteiger partial charge < -0.3 is 28.8 Å². The highest BCUT2D eigenvalue weighted by Gasteiger charge is 2.49. The van der Waals surface area contributed by atoms with Gasteiger partial charge in [-0.2, -0.15) is 0 Å². The minimum absolute atomic E-state index is 0.121. The first-order chi connectivity index (χ1) is 38.9. The molecule has 0 bridgehead atoms. The lowest BCUT2D eigenvalue weighted by Gasteiger charge is -2.39. The molecule has 1 rings (SSSR count). The Bertz CT molecular complexity index is 2160. The summed E-state index contributed by atoms with van der Waals surface area (Å²) in [5, 5.41) is 8.71. The second kappa shape index (κ2) is 48.0. The molecule has 11 heteroatoms. The fourth-order valence-corrected chi connectivity index (χ4v) is 9.06. The molecule has 1 aliphatic rings. The van der Waals surface area contributed by atoms with Crippen LogP contribution in [0, 0.1) is 5.92 Å². The lowest BCUT2D eigenvalue weighted by atomic mass is 9.99. The SMILES string of the molecule is CCC(C)CCCCCCCCCCC(=O)O[C@H]1[C@H](OC(=O)/C(C)=C/C=C/C(C)=C/C=C/C(C)=C/C=C/C=C(C)/C=C/C=C(C)/C=C/C=C(\C)CCCCCCCCCCCCCCCCC(=O)O)OC[C@@H](OC(C)=O)[C@@H]1OC(C)=O. The van der Waals surface area contributed by atoms with Gasteiger partial charge in [-0.05, 0) is 73.1 Å². The summed E-state index contributed by atoms with van der Waals surface area (Å²) in [7, 11) is 0. The van der Waals surface area contributed by atoms with Crippen LogP contribution in [0.5, 0.6) is 0 Å². The maximum Gasteiger partial charge on any atom is 0.336 e. The topological polar surface area (TPSA) is 152 Å². The molecule has 1 saturated heterocycles. The molecule has 1 fully saturated rings. The number of hydrogen-bond donors (Lipinski definition) is 1. The van der Waals surface area contributed by atoms with Crippen LogP contribution in [-0.2, 0) is 47.7 Å². The second-order valence-electron chi connectivity index (χ2n) is 22.3. The zero-order valence-electron chi connectivity index (χ0n) is 52.0. The normalized spacial score (nSPS) is 18.4. The van der Waals surface area contributed by atoms with Crippen LogP contribution in [0.2, 0.25) is 0 Å². The molecule has 0 aromatic rings. The molecule has 0 aromatic carbocycles. The Morgan fingerprint density at radius 1 is 0.457 bits per heavy atom. The quantitative estimate of drug-likeness (QED) is 0.0204. The van der Waals surface area contributed by atoms with E-state index in [1.165, 1.54) is 141 Å². The molecule has 0 spiro atoms. The fraction of sp³-hybridized carbons (Fsp3) is 0.614. The molecule has 1 heterocycles. The highest BCUT2D eigenvalue weighted by atomic mass is 16.7. The van der Waals surface area contributed by atoms with Crippen molar-refractivity contribution in [1.29, 1.82) is 0 Å². The molecule has 0 radical (unpaired) electrons. The number of rotatable bonds is 44. The molecule has 1 unspecified atom stereocenters. The molecule has 5 atom stereocenters. The smallest absolute Gasteiger partial charge is 0.336 e. The van der Waals surface area contributed by atoms with Gasteiger partial charge in [-0.15, -0.1) is 0 Å². The number of esters is 4. The third-order valence-electron chi connectivity index (χ3n) is 14.3. The van der Waals surface area contributed by atoms with Gasteiger partial charge in [0.2, 0.25) is 12.4 Å². The maximum absolute atomic E-state index is 13.3. The number of unbranched alkanes of at least 4 members (excludes halogenated alkanes) is 20. The highest BCUT2D eigenvalue weighted by molar-refractivity contribution is 5.88. The standard InChI is InChI=1S/C70H108O11/c1-11-55(2)40-30-26-22-20-21-25-29-33-53-66(75)80-68-67(79-63(10)72)64(78-62(9)71)54-77-70(68)81-69(76)61(8)51-39-50-60(7)49-38-46-58(5)43-35-34-42-57(4)45-37-48-59(6)47-36-44-56(3)41-31-27-23-18-16-14-12-13-15-17-19-24-28-32-52-65(73)74/h34-39,42-51,55,64,67-68,70H,11-33,40-41,52-54H2,1-10H3,(H,73,74)/b35-34+,45-37+,46-38+,47-36+,50-39+,56-44+,57-42+,58-43+,59-48+,60-49+,61-51+/t55?,64-,67+,68-,70+/m1/s1. The van der Waals surface area contributed by atoms with Crippen molar-refractivity contribution in [3.63, 3.8) is 0 Å². The lowest BCUT2D eigenvalue weighted by molar-refractivity contribution is -0.273. The Kier molecular flexibility index (Phi) is 43.6. The summed E-state index contributed by atoms with van der Waals surface area (Å²) in [6.07, 6.45) is 57.2. The molecule has 1 aliphatic heterocycles. The predicted octanol–water partition coefficient (Wildman–Crippen LogP) is 18.4. The van der Waals surface area contributed by atoms with Crippen LogP contribution in [0.25, 0.3) is 0 Å². The molecule has 454 valence electrons. The Balaban J connectivity index is 2.58. The van der Waals surface area contributed by atoms with Crippen molar-refractivity contribution in [2.75, 3.05) is 6.61 Å². The zero-order valence-corrected chi connectivity index (χ0v) is 52.0. The van der Waals surface area contributed by atoms with Crippen molar-refractivity contribution in [3.8, 4) is 0 Å². The van der Waals surface area contributed by atoms with Crippen molar-refractivity contribution in [2.24, 2.45) is 5.92 Å². The van der Waals surface area contributed by atoms with E-state index in [0.717, 1.165) is 61.2 Å². The van der Waals surface area contributed by atoms with Crippen LogP contribution < -0.4 is 0 Å². The number of aliphatic carboxylic acids is 1. The van der Waals surface area contributed by atoms with Crippen molar-refractivity contribution >= 4 is 29.8 Å². The largest absolute Gasteiger partial charge is 0.481 e. The van der Waals surface area contributed by atoms with Crippen LogP contribution in [-0.4, -0.2) is 66.2 Å². The molecule has 1 N–H and O–H groups in total. The first kappa shape index (κ1) is 73.5. The van der Waals surface area contributed by atoms with E-state index < -0.39 is 54.4 Å². The van der Waals surface area contributed by atoms with Gasteiger partial charge in [-0.25, -0.2) is 4.79 Å². The molecule has 81 heavy (non-hydrogen) atoms. The molecule has 0 amide bonds. The van der Waals surface area contributed by atoms with E-state index >= 15 is 0 Å². The summed E-state index contributed by atoms with van der Waals surface area (Å²) in [5.41, 5.74) is 6.04. The van der Waals surface area contributed by atoms with Crippen LogP contribution in [0.4, 0.5) is 0 Å². The molecule has 0 aliphatic carbocycles. The Morgan fingerprint density at radius 3 is 1.30 bits per heavy atom. The summed E-state index contributed by atoms with van der Waals surface area (Å²) in [6.45, 7) is 18.7. The summed E-state index contributed by atoms with van der Waals surface area (Å²) in [6, 6.07) is 0. The van der Waals surface area contributed by atoms with Gasteiger partial charge >= 0.3 is 29.8 Å². The van der Waals surface area contributed by atoms with E-state index in [9.17, 15) is 24.0 Å². The van der Waals surface area contributed by atoms with Crippen LogP contribution >= 0.6 is 0 Å². The van der Waals surface area contributed by atoms with Gasteiger partial charge in [0, 0.05) is 32.3 Å². The van der Waals surface area contributed by atoms with Crippen LogP contribution in [0.1, 0.15) is 243 Å². The molecule has 0 saturated carbocycles. The van der Waals surface area contributed by atoms with Gasteiger partial charge in [-0.3, -0.25) is 19.2 Å². The average Bonchev–Trinajstić information content (AvgIpc) is 3.41. The summed E-state index contributed by atoms with van der Waals surface area (Å²) >= 11 is 0. The average molecular weight is 1130 g/mol. The number of carboxylic acid groups (broad SMARTS) is 1. The Morgan fingerprint density at radius 2 is 0.852 bits per heavy atom. The fourth-order valence-electron chi connectivity index (χ4n) is 9.06. The monoisotopic (exact) mass is 1120 g/mol. The number of allylic oxidation sites excluding steroid dienone is 21. The van der Waals surface area contributed by atoms with E-state index in [-0.39, 0.29) is 18.6 Å². The Labute approximate surface area is 490 Å². The molecule has 11 nitrogen and oxygen atoms in total. The van der Waals surface area contributed by atoms with Crippen molar-refractivity contribution < 1.29 is 52.8 Å².